The number of rotatable bonds is 4. The van der Waals surface area contributed by atoms with E-state index >= 15 is 0 Å². The summed E-state index contributed by atoms with van der Waals surface area (Å²) in [6.45, 7) is 6.04. The van der Waals surface area contributed by atoms with Crippen molar-refractivity contribution >= 4 is 23.2 Å². The maximum atomic E-state index is 12.6. The highest BCUT2D eigenvalue weighted by Crippen LogP contribution is 2.30. The molecule has 0 spiro atoms. The van der Waals surface area contributed by atoms with Crippen LogP contribution in [0.25, 0.3) is 0 Å². The lowest BCUT2D eigenvalue weighted by atomic mass is 9.96. The normalized spacial score (nSPS) is 10.6. The Morgan fingerprint density at radius 3 is 2.50 bits per heavy atom. The fourth-order valence-corrected chi connectivity index (χ4v) is 2.51. The van der Waals surface area contributed by atoms with E-state index in [0.717, 1.165) is 16.9 Å². The van der Waals surface area contributed by atoms with Gasteiger partial charge in [-0.15, -0.1) is 0 Å². The van der Waals surface area contributed by atoms with Crippen molar-refractivity contribution in [2.45, 2.75) is 26.7 Å². The lowest BCUT2D eigenvalue weighted by Gasteiger charge is -2.16. The summed E-state index contributed by atoms with van der Waals surface area (Å²) in [6.07, 6.45) is 0. The van der Waals surface area contributed by atoms with Gasteiger partial charge in [-0.3, -0.25) is 4.79 Å². The topological polar surface area (TPSA) is 38.3 Å². The third kappa shape index (κ3) is 3.42. The fraction of sp³-hybridized carbons (Fsp3) is 0.278. The molecule has 0 aliphatic carbocycles. The Kier molecular flexibility index (Phi) is 5.09. The number of amides is 1. The van der Waals surface area contributed by atoms with Crippen molar-refractivity contribution in [3.63, 3.8) is 0 Å². The highest BCUT2D eigenvalue weighted by Gasteiger charge is 2.16. The van der Waals surface area contributed by atoms with Gasteiger partial charge in [0.25, 0.3) is 5.91 Å². The number of halogens is 1. The van der Waals surface area contributed by atoms with Gasteiger partial charge in [0.2, 0.25) is 0 Å². The van der Waals surface area contributed by atoms with Gasteiger partial charge in [-0.25, -0.2) is 0 Å². The number of ether oxygens (including phenoxy) is 1. The van der Waals surface area contributed by atoms with Gasteiger partial charge in [-0.05, 0) is 48.2 Å². The molecule has 22 heavy (non-hydrogen) atoms. The summed E-state index contributed by atoms with van der Waals surface area (Å²) in [5.74, 6) is 0.902. The second-order valence-corrected chi connectivity index (χ2v) is 5.90. The van der Waals surface area contributed by atoms with E-state index in [1.165, 1.54) is 0 Å². The highest BCUT2D eigenvalue weighted by molar-refractivity contribution is 6.33. The van der Waals surface area contributed by atoms with Crippen LogP contribution in [-0.2, 0) is 0 Å². The number of carbonyl (C=O) groups excluding carboxylic acids is 1. The van der Waals surface area contributed by atoms with Gasteiger partial charge in [0.1, 0.15) is 5.75 Å². The maximum Gasteiger partial charge on any atom is 0.255 e. The van der Waals surface area contributed by atoms with Gasteiger partial charge >= 0.3 is 0 Å². The molecular formula is C18H20ClNO2. The van der Waals surface area contributed by atoms with Crippen LogP contribution < -0.4 is 10.1 Å². The molecule has 3 nitrogen and oxygen atoms in total. The standard InChI is InChI=1S/C18H20ClNO2/c1-11(2)13-10-14(12(3)9-17(13)22-4)18(21)20-16-8-6-5-7-15(16)19/h5-11H,1-4H3,(H,20,21). The molecule has 2 aromatic carbocycles. The Labute approximate surface area is 136 Å². The zero-order chi connectivity index (χ0) is 16.3. The first-order chi connectivity index (χ1) is 10.4. The summed E-state index contributed by atoms with van der Waals surface area (Å²) < 4.78 is 5.41. The monoisotopic (exact) mass is 317 g/mol. The minimum absolute atomic E-state index is 0.171. The van der Waals surface area contributed by atoms with Crippen molar-refractivity contribution in [3.05, 3.63) is 58.1 Å². The molecule has 1 amide bonds. The van der Waals surface area contributed by atoms with Crippen molar-refractivity contribution < 1.29 is 9.53 Å². The number of hydrogen-bond donors (Lipinski definition) is 1. The molecule has 116 valence electrons. The van der Waals surface area contributed by atoms with E-state index in [0.29, 0.717) is 16.3 Å². The van der Waals surface area contributed by atoms with Crippen molar-refractivity contribution in [1.29, 1.82) is 0 Å². The number of nitrogens with one attached hydrogen (secondary N) is 1. The second-order valence-electron chi connectivity index (χ2n) is 5.50. The van der Waals surface area contributed by atoms with Gasteiger partial charge in [0, 0.05) is 5.56 Å². The van der Waals surface area contributed by atoms with Crippen LogP contribution in [0, 0.1) is 6.92 Å². The maximum absolute atomic E-state index is 12.6. The lowest BCUT2D eigenvalue weighted by molar-refractivity contribution is 0.102. The molecular weight excluding hydrogens is 298 g/mol. The van der Waals surface area contributed by atoms with E-state index in [1.807, 2.05) is 31.2 Å². The number of anilines is 1. The SMILES string of the molecule is COc1cc(C)c(C(=O)Nc2ccccc2Cl)cc1C(C)C. The van der Waals surface area contributed by atoms with Crippen molar-refractivity contribution in [2.24, 2.45) is 0 Å². The smallest absolute Gasteiger partial charge is 0.255 e. The summed E-state index contributed by atoms with van der Waals surface area (Å²) in [5, 5.41) is 3.38. The van der Waals surface area contributed by atoms with Gasteiger partial charge in [-0.1, -0.05) is 37.6 Å². The number of para-hydroxylation sites is 1. The first-order valence-electron chi connectivity index (χ1n) is 7.18. The molecule has 4 heteroatoms. The third-order valence-corrected chi connectivity index (χ3v) is 3.89. The van der Waals surface area contributed by atoms with E-state index < -0.39 is 0 Å². The Bertz CT molecular complexity index is 695. The highest BCUT2D eigenvalue weighted by atomic mass is 35.5. The zero-order valence-electron chi connectivity index (χ0n) is 13.2. The lowest BCUT2D eigenvalue weighted by Crippen LogP contribution is -2.14. The molecule has 0 bridgehead atoms. The van der Waals surface area contributed by atoms with Crippen molar-refractivity contribution in [1.82, 2.24) is 0 Å². The molecule has 2 aromatic rings. The molecule has 0 aliphatic heterocycles. The summed E-state index contributed by atoms with van der Waals surface area (Å²) in [4.78, 5) is 12.6. The van der Waals surface area contributed by atoms with E-state index in [2.05, 4.69) is 19.2 Å². The number of benzene rings is 2. The molecule has 0 saturated heterocycles. The Morgan fingerprint density at radius 1 is 1.23 bits per heavy atom. The average molecular weight is 318 g/mol. The van der Waals surface area contributed by atoms with Gasteiger partial charge in [0.15, 0.2) is 0 Å². The van der Waals surface area contributed by atoms with Crippen LogP contribution in [0.4, 0.5) is 5.69 Å². The molecule has 0 fully saturated rings. The molecule has 0 radical (unpaired) electrons. The van der Waals surface area contributed by atoms with E-state index in [-0.39, 0.29) is 11.8 Å². The van der Waals surface area contributed by atoms with Crippen LogP contribution in [0.3, 0.4) is 0 Å². The van der Waals surface area contributed by atoms with E-state index in [9.17, 15) is 4.79 Å². The predicted octanol–water partition coefficient (Wildman–Crippen LogP) is 5.03. The van der Waals surface area contributed by atoms with E-state index in [4.69, 9.17) is 16.3 Å². The van der Waals surface area contributed by atoms with Crippen LogP contribution in [0.5, 0.6) is 5.75 Å². The Hall–Kier alpha value is -2.00. The molecule has 0 aromatic heterocycles. The third-order valence-electron chi connectivity index (χ3n) is 3.57. The zero-order valence-corrected chi connectivity index (χ0v) is 14.0. The predicted molar refractivity (Wildman–Crippen MR) is 91.2 cm³/mol. The summed E-state index contributed by atoms with van der Waals surface area (Å²) >= 11 is 6.09. The quantitative estimate of drug-likeness (QED) is 0.858. The number of aryl methyl sites for hydroxylation is 1. The Morgan fingerprint density at radius 2 is 1.91 bits per heavy atom. The molecule has 0 heterocycles. The van der Waals surface area contributed by atoms with Gasteiger partial charge in [-0.2, -0.15) is 0 Å². The summed E-state index contributed by atoms with van der Waals surface area (Å²) in [5.41, 5.74) is 3.11. The average Bonchev–Trinajstić information content (AvgIpc) is 2.48. The molecule has 1 N–H and O–H groups in total. The van der Waals surface area contributed by atoms with E-state index in [1.54, 1.807) is 19.2 Å². The Balaban J connectivity index is 2.37. The first-order valence-corrected chi connectivity index (χ1v) is 7.56. The fourth-order valence-electron chi connectivity index (χ4n) is 2.32. The van der Waals surface area contributed by atoms with Crippen LogP contribution >= 0.6 is 11.6 Å². The van der Waals surface area contributed by atoms with Crippen LogP contribution in [0.15, 0.2) is 36.4 Å². The second kappa shape index (κ2) is 6.84. The number of hydrogen-bond acceptors (Lipinski definition) is 2. The van der Waals surface area contributed by atoms with Crippen LogP contribution in [-0.4, -0.2) is 13.0 Å². The number of carbonyl (C=O) groups is 1. The molecule has 0 aliphatic rings. The van der Waals surface area contributed by atoms with Crippen LogP contribution in [0.1, 0.15) is 41.3 Å². The van der Waals surface area contributed by atoms with Crippen LogP contribution in [0.2, 0.25) is 5.02 Å². The minimum Gasteiger partial charge on any atom is -0.496 e. The number of methoxy groups -OCH3 is 1. The van der Waals surface area contributed by atoms with Gasteiger partial charge < -0.3 is 10.1 Å². The van der Waals surface area contributed by atoms with Crippen molar-refractivity contribution in [2.75, 3.05) is 12.4 Å². The van der Waals surface area contributed by atoms with Gasteiger partial charge in [0.05, 0.1) is 17.8 Å². The minimum atomic E-state index is -0.171. The van der Waals surface area contributed by atoms with Crippen molar-refractivity contribution in [3.8, 4) is 5.75 Å². The summed E-state index contributed by atoms with van der Waals surface area (Å²) in [7, 11) is 1.64. The molecule has 2 rings (SSSR count). The molecule has 0 saturated carbocycles. The molecule has 0 atom stereocenters. The summed E-state index contributed by atoms with van der Waals surface area (Å²) in [6, 6.07) is 11.0. The largest absolute Gasteiger partial charge is 0.496 e. The first kappa shape index (κ1) is 16.4. The molecule has 0 unspecified atom stereocenters.